The van der Waals surface area contributed by atoms with E-state index in [0.717, 1.165) is 11.2 Å². The second-order valence-corrected chi connectivity index (χ2v) is 5.84. The van der Waals surface area contributed by atoms with E-state index in [0.29, 0.717) is 22.9 Å². The lowest BCUT2D eigenvalue weighted by atomic mass is 10.3. The van der Waals surface area contributed by atoms with Crippen LogP contribution < -0.4 is 10.1 Å². The largest absolute Gasteiger partial charge is 0.455 e. The Bertz CT molecular complexity index is 1070. The van der Waals surface area contributed by atoms with Crippen LogP contribution in [0.1, 0.15) is 16.1 Å². The van der Waals surface area contributed by atoms with Gasteiger partial charge in [-0.1, -0.05) is 18.2 Å². The van der Waals surface area contributed by atoms with Gasteiger partial charge in [-0.15, -0.1) is 0 Å². The number of ether oxygens (including phenoxy) is 1. The SMILES string of the molecule is Cc1ccn2cc(C(=O)Nc3cnccc3Oc3ccccc3)nc2c1. The van der Waals surface area contributed by atoms with Gasteiger partial charge in [-0.3, -0.25) is 9.78 Å². The first-order chi connectivity index (χ1) is 12.7. The average molecular weight is 344 g/mol. The summed E-state index contributed by atoms with van der Waals surface area (Å²) in [4.78, 5) is 21.0. The molecular weight excluding hydrogens is 328 g/mol. The zero-order valence-corrected chi connectivity index (χ0v) is 14.1. The number of benzene rings is 1. The normalized spacial score (nSPS) is 10.7. The van der Waals surface area contributed by atoms with E-state index in [-0.39, 0.29) is 5.91 Å². The van der Waals surface area contributed by atoms with Gasteiger partial charge < -0.3 is 14.5 Å². The minimum Gasteiger partial charge on any atom is -0.455 e. The van der Waals surface area contributed by atoms with Gasteiger partial charge in [-0.25, -0.2) is 4.98 Å². The van der Waals surface area contributed by atoms with E-state index in [1.807, 2.05) is 60.0 Å². The number of nitrogens with one attached hydrogen (secondary N) is 1. The fourth-order valence-electron chi connectivity index (χ4n) is 2.56. The Balaban J connectivity index is 1.59. The van der Waals surface area contributed by atoms with Crippen LogP contribution in [0.5, 0.6) is 11.5 Å². The summed E-state index contributed by atoms with van der Waals surface area (Å²) in [5.41, 5.74) is 2.61. The number of aryl methyl sites for hydroxylation is 1. The molecule has 4 rings (SSSR count). The smallest absolute Gasteiger partial charge is 0.276 e. The highest BCUT2D eigenvalue weighted by atomic mass is 16.5. The maximum atomic E-state index is 12.6. The number of carbonyl (C=O) groups excluding carboxylic acids is 1. The van der Waals surface area contributed by atoms with Crippen LogP contribution in [0.2, 0.25) is 0 Å². The molecule has 0 fully saturated rings. The Hall–Kier alpha value is -3.67. The summed E-state index contributed by atoms with van der Waals surface area (Å²) < 4.78 is 7.65. The Labute approximate surface area is 150 Å². The third-order valence-electron chi connectivity index (χ3n) is 3.85. The number of aromatic nitrogens is 3. The van der Waals surface area contributed by atoms with Crippen LogP contribution in [-0.2, 0) is 0 Å². The molecule has 6 heteroatoms. The molecule has 0 saturated heterocycles. The van der Waals surface area contributed by atoms with E-state index in [4.69, 9.17) is 4.74 Å². The van der Waals surface area contributed by atoms with Gasteiger partial charge in [0.1, 0.15) is 22.8 Å². The molecule has 0 aliphatic heterocycles. The van der Waals surface area contributed by atoms with Crippen molar-refractivity contribution in [3.8, 4) is 11.5 Å². The number of hydrogen-bond donors (Lipinski definition) is 1. The molecule has 6 nitrogen and oxygen atoms in total. The van der Waals surface area contributed by atoms with Crippen molar-refractivity contribution in [3.63, 3.8) is 0 Å². The van der Waals surface area contributed by atoms with Gasteiger partial charge in [0, 0.05) is 24.7 Å². The summed E-state index contributed by atoms with van der Waals surface area (Å²) in [7, 11) is 0. The van der Waals surface area contributed by atoms with Crippen LogP contribution in [0.25, 0.3) is 5.65 Å². The minimum absolute atomic E-state index is 0.322. The fourth-order valence-corrected chi connectivity index (χ4v) is 2.56. The van der Waals surface area contributed by atoms with E-state index in [1.54, 1.807) is 24.7 Å². The number of para-hydroxylation sites is 1. The molecule has 0 aliphatic rings. The van der Waals surface area contributed by atoms with Gasteiger partial charge in [-0.05, 0) is 36.8 Å². The maximum absolute atomic E-state index is 12.6. The monoisotopic (exact) mass is 344 g/mol. The lowest BCUT2D eigenvalue weighted by molar-refractivity contribution is 0.102. The van der Waals surface area contributed by atoms with E-state index in [2.05, 4.69) is 15.3 Å². The summed E-state index contributed by atoms with van der Waals surface area (Å²) in [6, 6.07) is 14.9. The molecule has 0 saturated carbocycles. The van der Waals surface area contributed by atoms with Gasteiger partial charge >= 0.3 is 0 Å². The van der Waals surface area contributed by atoms with Crippen LogP contribution >= 0.6 is 0 Å². The van der Waals surface area contributed by atoms with E-state index < -0.39 is 0 Å². The molecule has 0 spiro atoms. The summed E-state index contributed by atoms with van der Waals surface area (Å²) >= 11 is 0. The molecule has 0 unspecified atom stereocenters. The lowest BCUT2D eigenvalue weighted by Crippen LogP contribution is -2.13. The molecule has 3 aromatic heterocycles. The second-order valence-electron chi connectivity index (χ2n) is 5.84. The Kier molecular flexibility index (Phi) is 4.07. The van der Waals surface area contributed by atoms with Gasteiger partial charge in [0.25, 0.3) is 5.91 Å². The number of anilines is 1. The molecular formula is C20H16N4O2. The molecule has 4 aromatic rings. The third kappa shape index (κ3) is 3.25. The number of rotatable bonds is 4. The van der Waals surface area contributed by atoms with Crippen molar-refractivity contribution >= 4 is 17.2 Å². The first-order valence-corrected chi connectivity index (χ1v) is 8.13. The fraction of sp³-hybridized carbons (Fsp3) is 0.0500. The number of hydrogen-bond acceptors (Lipinski definition) is 4. The van der Waals surface area contributed by atoms with Gasteiger partial charge in [-0.2, -0.15) is 0 Å². The second kappa shape index (κ2) is 6.68. The minimum atomic E-state index is -0.322. The van der Waals surface area contributed by atoms with Gasteiger partial charge in [0.2, 0.25) is 0 Å². The van der Waals surface area contributed by atoms with Crippen molar-refractivity contribution in [3.05, 3.63) is 84.6 Å². The number of imidazole rings is 1. The molecule has 26 heavy (non-hydrogen) atoms. The van der Waals surface area contributed by atoms with E-state index in [9.17, 15) is 4.79 Å². The zero-order chi connectivity index (χ0) is 17.9. The van der Waals surface area contributed by atoms with Crippen LogP contribution in [0.3, 0.4) is 0 Å². The van der Waals surface area contributed by atoms with Crippen molar-refractivity contribution in [2.75, 3.05) is 5.32 Å². The first kappa shape index (κ1) is 15.8. The standard InChI is InChI=1S/C20H16N4O2/c1-14-8-10-24-13-17(22-19(24)11-14)20(25)23-16-12-21-9-7-18(16)26-15-5-3-2-4-6-15/h2-13H,1H3,(H,23,25). The van der Waals surface area contributed by atoms with E-state index >= 15 is 0 Å². The lowest BCUT2D eigenvalue weighted by Gasteiger charge is -2.10. The molecule has 0 aliphatic carbocycles. The van der Waals surface area contributed by atoms with Gasteiger partial charge in [0.05, 0.1) is 6.20 Å². The van der Waals surface area contributed by atoms with Crippen LogP contribution in [0.4, 0.5) is 5.69 Å². The average Bonchev–Trinajstić information content (AvgIpc) is 3.07. The topological polar surface area (TPSA) is 68.5 Å². The molecule has 1 N–H and O–H groups in total. The Morgan fingerprint density at radius 1 is 1.15 bits per heavy atom. The number of nitrogens with zero attached hydrogens (tertiary/aromatic N) is 3. The highest BCUT2D eigenvalue weighted by Crippen LogP contribution is 2.28. The predicted octanol–water partition coefficient (Wildman–Crippen LogP) is 4.08. The molecule has 0 bridgehead atoms. The van der Waals surface area contributed by atoms with Gasteiger partial charge in [0.15, 0.2) is 5.75 Å². The third-order valence-corrected chi connectivity index (χ3v) is 3.85. The number of carbonyl (C=O) groups is 1. The first-order valence-electron chi connectivity index (χ1n) is 8.13. The molecule has 3 heterocycles. The molecule has 0 radical (unpaired) electrons. The van der Waals surface area contributed by atoms with Crippen molar-refractivity contribution in [1.82, 2.24) is 14.4 Å². The highest BCUT2D eigenvalue weighted by Gasteiger charge is 2.14. The molecule has 0 atom stereocenters. The quantitative estimate of drug-likeness (QED) is 0.606. The summed E-state index contributed by atoms with van der Waals surface area (Å²) in [6.07, 6.45) is 6.73. The maximum Gasteiger partial charge on any atom is 0.276 e. The number of pyridine rings is 2. The van der Waals surface area contributed by atoms with Crippen molar-refractivity contribution in [1.29, 1.82) is 0 Å². The van der Waals surface area contributed by atoms with Crippen LogP contribution in [-0.4, -0.2) is 20.3 Å². The van der Waals surface area contributed by atoms with E-state index in [1.165, 1.54) is 0 Å². The summed E-state index contributed by atoms with van der Waals surface area (Å²) in [5.74, 6) is 0.869. The molecule has 1 amide bonds. The Morgan fingerprint density at radius 3 is 2.85 bits per heavy atom. The van der Waals surface area contributed by atoms with Crippen molar-refractivity contribution in [2.24, 2.45) is 0 Å². The summed E-state index contributed by atoms with van der Waals surface area (Å²) in [6.45, 7) is 1.98. The van der Waals surface area contributed by atoms with Crippen LogP contribution in [0, 0.1) is 6.92 Å². The highest BCUT2D eigenvalue weighted by molar-refractivity contribution is 6.03. The van der Waals surface area contributed by atoms with Crippen molar-refractivity contribution in [2.45, 2.75) is 6.92 Å². The number of fused-ring (bicyclic) bond motifs is 1. The van der Waals surface area contributed by atoms with Crippen LogP contribution in [0.15, 0.2) is 73.3 Å². The van der Waals surface area contributed by atoms with Crippen molar-refractivity contribution < 1.29 is 9.53 Å². The number of amides is 1. The summed E-state index contributed by atoms with van der Waals surface area (Å²) in [5, 5.41) is 2.82. The molecule has 1 aromatic carbocycles. The molecule has 128 valence electrons. The zero-order valence-electron chi connectivity index (χ0n) is 14.1. The Morgan fingerprint density at radius 2 is 2.00 bits per heavy atom. The predicted molar refractivity (Wildman–Crippen MR) is 98.6 cm³/mol.